The summed E-state index contributed by atoms with van der Waals surface area (Å²) >= 11 is 1.10. The lowest BCUT2D eigenvalue weighted by molar-refractivity contribution is 0.102. The molecule has 1 heterocycles. The molecule has 0 saturated heterocycles. The normalized spacial score (nSPS) is 10.0. The number of anilines is 2. The average molecular weight is 252 g/mol. The molecule has 0 atom stereocenters. The minimum absolute atomic E-state index is 0.124. The van der Waals surface area contributed by atoms with Gasteiger partial charge in [-0.25, -0.2) is 4.39 Å². The first-order chi connectivity index (χ1) is 8.20. The smallest absolute Gasteiger partial charge is 0.286 e. The largest absolute Gasteiger partial charge is 0.363 e. The molecular weight excluding hydrogens is 243 g/mol. The van der Waals surface area contributed by atoms with Crippen LogP contribution in [0.3, 0.4) is 0 Å². The molecule has 17 heavy (non-hydrogen) atoms. The Morgan fingerprint density at radius 2 is 2.12 bits per heavy atom. The lowest BCUT2D eigenvalue weighted by atomic mass is 10.3. The van der Waals surface area contributed by atoms with Gasteiger partial charge in [-0.1, -0.05) is 23.5 Å². The first-order valence-electron chi connectivity index (χ1n) is 4.78. The van der Waals surface area contributed by atoms with Crippen LogP contribution in [0.4, 0.5) is 15.2 Å². The first-order valence-corrected chi connectivity index (χ1v) is 5.59. The Hall–Kier alpha value is -2.02. The van der Waals surface area contributed by atoms with E-state index in [1.807, 2.05) is 0 Å². The third-order valence-electron chi connectivity index (χ3n) is 1.96. The van der Waals surface area contributed by atoms with E-state index in [1.165, 1.54) is 12.1 Å². The van der Waals surface area contributed by atoms with Crippen molar-refractivity contribution in [3.8, 4) is 0 Å². The van der Waals surface area contributed by atoms with Gasteiger partial charge in [0.15, 0.2) is 0 Å². The number of nitrogens with zero attached hydrogens (tertiary/aromatic N) is 2. The second-order valence-electron chi connectivity index (χ2n) is 3.10. The molecule has 1 aromatic carbocycles. The Kier molecular flexibility index (Phi) is 3.29. The van der Waals surface area contributed by atoms with Crippen molar-refractivity contribution in [3.63, 3.8) is 0 Å². The standard InChI is InChI=1S/C10H9FN4OS/c1-12-10-15-14-9(17-10)8(16)13-7-5-3-2-4-6(7)11/h2-5H,1H3,(H,12,15)(H,13,16). The van der Waals surface area contributed by atoms with Crippen LogP contribution in [0.2, 0.25) is 0 Å². The fourth-order valence-corrected chi connectivity index (χ4v) is 1.75. The van der Waals surface area contributed by atoms with E-state index in [4.69, 9.17) is 0 Å². The number of hydrogen-bond acceptors (Lipinski definition) is 5. The van der Waals surface area contributed by atoms with Crippen LogP contribution in [0.5, 0.6) is 0 Å². The number of aromatic nitrogens is 2. The molecule has 0 bridgehead atoms. The number of benzene rings is 1. The van der Waals surface area contributed by atoms with E-state index in [2.05, 4.69) is 20.8 Å². The molecule has 1 aromatic heterocycles. The van der Waals surface area contributed by atoms with Crippen molar-refractivity contribution in [3.05, 3.63) is 35.1 Å². The van der Waals surface area contributed by atoms with Crippen molar-refractivity contribution in [2.75, 3.05) is 17.7 Å². The molecule has 0 aliphatic carbocycles. The highest BCUT2D eigenvalue weighted by Crippen LogP contribution is 2.17. The molecular formula is C10H9FN4OS. The van der Waals surface area contributed by atoms with Crippen LogP contribution in [-0.4, -0.2) is 23.2 Å². The lowest BCUT2D eigenvalue weighted by Gasteiger charge is -2.02. The Labute approximate surface area is 101 Å². The van der Waals surface area contributed by atoms with Crippen molar-refractivity contribution < 1.29 is 9.18 Å². The van der Waals surface area contributed by atoms with Crippen molar-refractivity contribution in [2.24, 2.45) is 0 Å². The topological polar surface area (TPSA) is 66.9 Å². The van der Waals surface area contributed by atoms with Crippen LogP contribution in [-0.2, 0) is 0 Å². The predicted molar refractivity (Wildman–Crippen MR) is 63.8 cm³/mol. The number of carbonyl (C=O) groups is 1. The summed E-state index contributed by atoms with van der Waals surface area (Å²) in [6, 6.07) is 5.94. The molecule has 0 saturated carbocycles. The van der Waals surface area contributed by atoms with E-state index >= 15 is 0 Å². The van der Waals surface area contributed by atoms with E-state index in [-0.39, 0.29) is 10.7 Å². The highest BCUT2D eigenvalue weighted by molar-refractivity contribution is 7.17. The number of hydrogen-bond donors (Lipinski definition) is 2. The van der Waals surface area contributed by atoms with E-state index in [0.29, 0.717) is 5.13 Å². The van der Waals surface area contributed by atoms with E-state index in [9.17, 15) is 9.18 Å². The van der Waals surface area contributed by atoms with Gasteiger partial charge in [0.25, 0.3) is 5.91 Å². The van der Waals surface area contributed by atoms with Crippen LogP contribution >= 0.6 is 11.3 Å². The molecule has 0 fully saturated rings. The number of rotatable bonds is 3. The minimum atomic E-state index is -0.487. The number of amides is 1. The zero-order chi connectivity index (χ0) is 12.3. The Bertz CT molecular complexity index is 543. The molecule has 5 nitrogen and oxygen atoms in total. The Morgan fingerprint density at radius 1 is 1.35 bits per heavy atom. The quantitative estimate of drug-likeness (QED) is 0.876. The molecule has 88 valence electrons. The van der Waals surface area contributed by atoms with Crippen LogP contribution in [0.15, 0.2) is 24.3 Å². The molecule has 2 rings (SSSR count). The van der Waals surface area contributed by atoms with Gasteiger partial charge in [0.2, 0.25) is 10.1 Å². The summed E-state index contributed by atoms with van der Waals surface area (Å²) in [5, 5.41) is 13.3. The zero-order valence-corrected chi connectivity index (χ0v) is 9.71. The highest BCUT2D eigenvalue weighted by atomic mass is 32.1. The summed E-state index contributed by atoms with van der Waals surface area (Å²) in [6.45, 7) is 0. The van der Waals surface area contributed by atoms with Gasteiger partial charge < -0.3 is 10.6 Å². The van der Waals surface area contributed by atoms with Gasteiger partial charge in [0.05, 0.1) is 5.69 Å². The molecule has 0 spiro atoms. The van der Waals surface area contributed by atoms with Crippen LogP contribution in [0.25, 0.3) is 0 Å². The Balaban J connectivity index is 2.14. The maximum Gasteiger partial charge on any atom is 0.286 e. The molecule has 2 N–H and O–H groups in total. The van der Waals surface area contributed by atoms with Gasteiger partial charge in [0, 0.05) is 7.05 Å². The van der Waals surface area contributed by atoms with Gasteiger partial charge in [-0.15, -0.1) is 10.2 Å². The second-order valence-corrected chi connectivity index (χ2v) is 4.07. The van der Waals surface area contributed by atoms with Crippen LogP contribution in [0.1, 0.15) is 9.80 Å². The number of nitrogens with one attached hydrogen (secondary N) is 2. The third-order valence-corrected chi connectivity index (χ3v) is 2.89. The van der Waals surface area contributed by atoms with Gasteiger partial charge in [-0.3, -0.25) is 4.79 Å². The number of carbonyl (C=O) groups excluding carboxylic acids is 1. The molecule has 2 aromatic rings. The molecule has 7 heteroatoms. The summed E-state index contributed by atoms with van der Waals surface area (Å²) in [7, 11) is 1.68. The average Bonchev–Trinajstić information content (AvgIpc) is 2.81. The maximum atomic E-state index is 13.3. The predicted octanol–water partition coefficient (Wildman–Crippen LogP) is 1.97. The first kappa shape index (κ1) is 11.5. The SMILES string of the molecule is CNc1nnc(C(=O)Nc2ccccc2F)s1. The summed E-state index contributed by atoms with van der Waals surface area (Å²) in [4.78, 5) is 11.7. The van der Waals surface area contributed by atoms with Crippen LogP contribution < -0.4 is 10.6 Å². The van der Waals surface area contributed by atoms with E-state index in [0.717, 1.165) is 11.3 Å². The lowest BCUT2D eigenvalue weighted by Crippen LogP contribution is -2.12. The van der Waals surface area contributed by atoms with Gasteiger partial charge in [-0.05, 0) is 12.1 Å². The second kappa shape index (κ2) is 4.88. The molecule has 0 radical (unpaired) electrons. The summed E-state index contributed by atoms with van der Waals surface area (Å²) < 4.78 is 13.3. The maximum absolute atomic E-state index is 13.3. The molecule has 0 unspecified atom stereocenters. The van der Waals surface area contributed by atoms with Crippen molar-refractivity contribution in [2.45, 2.75) is 0 Å². The van der Waals surface area contributed by atoms with E-state index in [1.54, 1.807) is 19.2 Å². The number of para-hydroxylation sites is 1. The minimum Gasteiger partial charge on any atom is -0.363 e. The summed E-state index contributed by atoms with van der Waals surface area (Å²) in [5.74, 6) is -0.965. The monoisotopic (exact) mass is 252 g/mol. The zero-order valence-electron chi connectivity index (χ0n) is 8.90. The summed E-state index contributed by atoms with van der Waals surface area (Å²) in [6.07, 6.45) is 0. The van der Waals surface area contributed by atoms with Crippen molar-refractivity contribution in [1.82, 2.24) is 10.2 Å². The van der Waals surface area contributed by atoms with Gasteiger partial charge in [0.1, 0.15) is 5.82 Å². The van der Waals surface area contributed by atoms with E-state index < -0.39 is 11.7 Å². The van der Waals surface area contributed by atoms with Crippen molar-refractivity contribution >= 4 is 28.1 Å². The van der Waals surface area contributed by atoms with Crippen LogP contribution in [0, 0.1) is 5.82 Å². The number of halogens is 1. The molecule has 0 aliphatic rings. The Morgan fingerprint density at radius 3 is 2.76 bits per heavy atom. The summed E-state index contributed by atoms with van der Waals surface area (Å²) in [5.41, 5.74) is 0.124. The van der Waals surface area contributed by atoms with Gasteiger partial charge in [-0.2, -0.15) is 0 Å². The fourth-order valence-electron chi connectivity index (χ4n) is 1.15. The molecule has 0 aliphatic heterocycles. The van der Waals surface area contributed by atoms with Crippen molar-refractivity contribution in [1.29, 1.82) is 0 Å². The third kappa shape index (κ3) is 2.56. The highest BCUT2D eigenvalue weighted by Gasteiger charge is 2.13. The van der Waals surface area contributed by atoms with Gasteiger partial charge >= 0.3 is 0 Å². The molecule has 1 amide bonds. The fraction of sp³-hybridized carbons (Fsp3) is 0.100.